The van der Waals surface area contributed by atoms with Gasteiger partial charge in [0.2, 0.25) is 0 Å². The highest BCUT2D eigenvalue weighted by molar-refractivity contribution is 5.40. The van der Waals surface area contributed by atoms with Gasteiger partial charge in [0.25, 0.3) is 0 Å². The summed E-state index contributed by atoms with van der Waals surface area (Å²) in [6.07, 6.45) is 1.34. The lowest BCUT2D eigenvalue weighted by atomic mass is 10.1. The molecule has 0 amide bonds. The highest BCUT2D eigenvalue weighted by Gasteiger charge is 2.07. The molecule has 0 saturated heterocycles. The zero-order chi connectivity index (χ0) is 13.1. The molecule has 0 atom stereocenters. The molecule has 0 spiro atoms. The molecule has 2 rings (SSSR count). The zero-order valence-electron chi connectivity index (χ0n) is 10.1. The van der Waals surface area contributed by atoms with Crippen LogP contribution in [0.5, 0.6) is 11.5 Å². The Hall–Kier alpha value is -2.41. The molecular formula is C14H11FN2O. The van der Waals surface area contributed by atoms with Crippen LogP contribution in [0.4, 0.5) is 4.39 Å². The van der Waals surface area contributed by atoms with Crippen LogP contribution in [0.25, 0.3) is 0 Å². The first-order valence-electron chi connectivity index (χ1n) is 5.41. The minimum absolute atomic E-state index is 0.233. The predicted octanol–water partition coefficient (Wildman–Crippen LogP) is 3.50. The number of halogens is 1. The van der Waals surface area contributed by atoms with Gasteiger partial charge in [-0.15, -0.1) is 0 Å². The number of ether oxygens (including phenoxy) is 1. The van der Waals surface area contributed by atoms with Crippen molar-refractivity contribution in [3.63, 3.8) is 0 Å². The Bertz CT molecular complexity index is 632. The molecule has 0 bridgehead atoms. The van der Waals surface area contributed by atoms with E-state index in [9.17, 15) is 4.39 Å². The van der Waals surface area contributed by atoms with Crippen LogP contribution < -0.4 is 4.74 Å². The SMILES string of the molecule is Cc1ccc(C)c(Oc2cnc(C#N)c(F)c2)c1. The molecule has 2 aromatic rings. The lowest BCUT2D eigenvalue weighted by Crippen LogP contribution is -1.93. The molecule has 0 N–H and O–H groups in total. The van der Waals surface area contributed by atoms with Crippen molar-refractivity contribution in [2.45, 2.75) is 13.8 Å². The van der Waals surface area contributed by atoms with Gasteiger partial charge in [-0.3, -0.25) is 0 Å². The first-order valence-corrected chi connectivity index (χ1v) is 5.41. The Labute approximate surface area is 104 Å². The van der Waals surface area contributed by atoms with Crippen molar-refractivity contribution in [2.24, 2.45) is 0 Å². The fraction of sp³-hybridized carbons (Fsp3) is 0.143. The minimum atomic E-state index is -0.680. The number of benzene rings is 1. The van der Waals surface area contributed by atoms with Crippen molar-refractivity contribution in [2.75, 3.05) is 0 Å². The van der Waals surface area contributed by atoms with Gasteiger partial charge in [-0.25, -0.2) is 9.37 Å². The second-order valence-corrected chi connectivity index (χ2v) is 3.98. The first kappa shape index (κ1) is 12.1. The Morgan fingerprint density at radius 2 is 2.06 bits per heavy atom. The molecule has 1 heterocycles. The van der Waals surface area contributed by atoms with Crippen LogP contribution in [-0.2, 0) is 0 Å². The van der Waals surface area contributed by atoms with Crippen molar-refractivity contribution in [1.29, 1.82) is 5.26 Å². The van der Waals surface area contributed by atoms with E-state index in [0.29, 0.717) is 5.75 Å². The second-order valence-electron chi connectivity index (χ2n) is 3.98. The van der Waals surface area contributed by atoms with Crippen LogP contribution in [0.2, 0.25) is 0 Å². The molecule has 4 heteroatoms. The monoisotopic (exact) mass is 242 g/mol. The van der Waals surface area contributed by atoms with Crippen molar-refractivity contribution < 1.29 is 9.13 Å². The second kappa shape index (κ2) is 4.84. The van der Waals surface area contributed by atoms with Gasteiger partial charge in [0, 0.05) is 6.07 Å². The number of hydrogen-bond donors (Lipinski definition) is 0. The topological polar surface area (TPSA) is 45.9 Å². The van der Waals surface area contributed by atoms with Crippen molar-refractivity contribution in [3.8, 4) is 17.6 Å². The van der Waals surface area contributed by atoms with Gasteiger partial charge in [-0.05, 0) is 31.0 Å². The molecule has 0 aliphatic heterocycles. The lowest BCUT2D eigenvalue weighted by molar-refractivity contribution is 0.469. The number of nitriles is 1. The third-order valence-electron chi connectivity index (χ3n) is 2.49. The summed E-state index contributed by atoms with van der Waals surface area (Å²) < 4.78 is 18.9. The maximum absolute atomic E-state index is 13.4. The number of hydrogen-bond acceptors (Lipinski definition) is 3. The third kappa shape index (κ3) is 2.46. The predicted molar refractivity (Wildman–Crippen MR) is 64.9 cm³/mol. The van der Waals surface area contributed by atoms with Crippen molar-refractivity contribution in [1.82, 2.24) is 4.98 Å². The summed E-state index contributed by atoms with van der Waals surface area (Å²) in [5, 5.41) is 8.59. The van der Waals surface area contributed by atoms with Crippen molar-refractivity contribution in [3.05, 3.63) is 53.1 Å². The molecule has 1 aromatic carbocycles. The van der Waals surface area contributed by atoms with Crippen LogP contribution >= 0.6 is 0 Å². The molecule has 18 heavy (non-hydrogen) atoms. The van der Waals surface area contributed by atoms with E-state index in [1.54, 1.807) is 6.07 Å². The third-order valence-corrected chi connectivity index (χ3v) is 2.49. The van der Waals surface area contributed by atoms with Crippen LogP contribution in [0.1, 0.15) is 16.8 Å². The van der Waals surface area contributed by atoms with Crippen LogP contribution in [0, 0.1) is 31.0 Å². The normalized spacial score (nSPS) is 9.89. The van der Waals surface area contributed by atoms with Gasteiger partial charge >= 0.3 is 0 Å². The zero-order valence-corrected chi connectivity index (χ0v) is 10.1. The molecule has 0 aliphatic rings. The maximum atomic E-state index is 13.4. The fourth-order valence-corrected chi connectivity index (χ4v) is 1.50. The Kier molecular flexibility index (Phi) is 3.24. The van der Waals surface area contributed by atoms with E-state index in [1.807, 2.05) is 32.0 Å². The van der Waals surface area contributed by atoms with E-state index in [2.05, 4.69) is 4.98 Å². The summed E-state index contributed by atoms with van der Waals surface area (Å²) in [5.41, 5.74) is 1.77. The summed E-state index contributed by atoms with van der Waals surface area (Å²) in [7, 11) is 0. The van der Waals surface area contributed by atoms with Gasteiger partial charge < -0.3 is 4.74 Å². The van der Waals surface area contributed by atoms with Gasteiger partial charge in [0.1, 0.15) is 17.6 Å². The van der Waals surface area contributed by atoms with Gasteiger partial charge in [-0.2, -0.15) is 5.26 Å². The van der Waals surface area contributed by atoms with E-state index in [4.69, 9.17) is 10.00 Å². The van der Waals surface area contributed by atoms with E-state index in [0.717, 1.165) is 17.2 Å². The summed E-state index contributed by atoms with van der Waals surface area (Å²) >= 11 is 0. The fourth-order valence-electron chi connectivity index (χ4n) is 1.50. The molecule has 3 nitrogen and oxygen atoms in total. The lowest BCUT2D eigenvalue weighted by Gasteiger charge is -2.09. The van der Waals surface area contributed by atoms with E-state index >= 15 is 0 Å². The molecule has 0 aliphatic carbocycles. The number of pyridine rings is 1. The van der Waals surface area contributed by atoms with Gasteiger partial charge in [0.15, 0.2) is 11.5 Å². The number of nitrogens with zero attached hydrogens (tertiary/aromatic N) is 2. The number of rotatable bonds is 2. The summed E-state index contributed by atoms with van der Waals surface area (Å²) in [5.74, 6) is 0.251. The number of aryl methyl sites for hydroxylation is 2. The molecule has 1 aromatic heterocycles. The average Bonchev–Trinajstić information content (AvgIpc) is 2.34. The van der Waals surface area contributed by atoms with Gasteiger partial charge in [0.05, 0.1) is 6.20 Å². The highest BCUT2D eigenvalue weighted by atomic mass is 19.1. The molecule has 0 fully saturated rings. The smallest absolute Gasteiger partial charge is 0.176 e. The Balaban J connectivity index is 2.32. The quantitative estimate of drug-likeness (QED) is 0.809. The molecule has 0 saturated carbocycles. The minimum Gasteiger partial charge on any atom is -0.455 e. The molecule has 90 valence electrons. The van der Waals surface area contributed by atoms with Crippen LogP contribution in [0.15, 0.2) is 30.5 Å². The standard InChI is InChI=1S/C14H11FN2O/c1-9-3-4-10(2)14(5-9)18-11-6-12(15)13(7-16)17-8-11/h3-6,8H,1-2H3. The van der Waals surface area contributed by atoms with Crippen LogP contribution in [0.3, 0.4) is 0 Å². The van der Waals surface area contributed by atoms with E-state index in [-0.39, 0.29) is 11.4 Å². The Morgan fingerprint density at radius 1 is 1.28 bits per heavy atom. The number of aromatic nitrogens is 1. The molecule has 0 radical (unpaired) electrons. The molecule has 0 unspecified atom stereocenters. The maximum Gasteiger partial charge on any atom is 0.176 e. The van der Waals surface area contributed by atoms with E-state index < -0.39 is 5.82 Å². The largest absolute Gasteiger partial charge is 0.455 e. The summed E-state index contributed by atoms with van der Waals surface area (Å²) in [6.45, 7) is 3.85. The van der Waals surface area contributed by atoms with Crippen LogP contribution in [-0.4, -0.2) is 4.98 Å². The highest BCUT2D eigenvalue weighted by Crippen LogP contribution is 2.26. The molecular weight excluding hydrogens is 231 g/mol. The van der Waals surface area contributed by atoms with Crippen molar-refractivity contribution >= 4 is 0 Å². The van der Waals surface area contributed by atoms with E-state index in [1.165, 1.54) is 6.20 Å². The summed E-state index contributed by atoms with van der Waals surface area (Å²) in [6, 6.07) is 8.59. The summed E-state index contributed by atoms with van der Waals surface area (Å²) in [4.78, 5) is 3.68. The average molecular weight is 242 g/mol. The van der Waals surface area contributed by atoms with Gasteiger partial charge in [-0.1, -0.05) is 12.1 Å². The Morgan fingerprint density at radius 3 is 2.72 bits per heavy atom. The first-order chi connectivity index (χ1) is 8.60.